The fourth-order valence-electron chi connectivity index (χ4n) is 4.28. The molecule has 5 rings (SSSR count). The molecule has 3 aromatic rings. The maximum atomic E-state index is 12.9. The van der Waals surface area contributed by atoms with Gasteiger partial charge in [0.05, 0.1) is 11.6 Å². The first-order chi connectivity index (χ1) is 15.5. The first-order valence-corrected chi connectivity index (χ1v) is 11.3. The Morgan fingerprint density at radius 2 is 2.03 bits per heavy atom. The third-order valence-corrected chi connectivity index (χ3v) is 6.47. The van der Waals surface area contributed by atoms with E-state index in [9.17, 15) is 4.79 Å². The Morgan fingerprint density at radius 3 is 2.81 bits per heavy atom. The van der Waals surface area contributed by atoms with Crippen molar-refractivity contribution in [2.24, 2.45) is 0 Å². The van der Waals surface area contributed by atoms with Gasteiger partial charge in [-0.05, 0) is 59.0 Å². The van der Waals surface area contributed by atoms with E-state index in [1.54, 1.807) is 11.8 Å². The molecule has 2 aromatic carbocycles. The highest BCUT2D eigenvalue weighted by molar-refractivity contribution is 9.10. The number of anilines is 1. The van der Waals surface area contributed by atoms with Gasteiger partial charge in [0.15, 0.2) is 17.3 Å². The largest absolute Gasteiger partial charge is 0.493 e. The van der Waals surface area contributed by atoms with Crippen molar-refractivity contribution in [3.63, 3.8) is 0 Å². The summed E-state index contributed by atoms with van der Waals surface area (Å²) in [5.41, 5.74) is 4.84. The van der Waals surface area contributed by atoms with Gasteiger partial charge in [0.1, 0.15) is 19.0 Å². The summed E-state index contributed by atoms with van der Waals surface area (Å²) in [4.78, 5) is 17.2. The van der Waals surface area contributed by atoms with Gasteiger partial charge in [-0.2, -0.15) is 10.1 Å². The van der Waals surface area contributed by atoms with E-state index < -0.39 is 0 Å². The molecule has 1 atom stereocenters. The van der Waals surface area contributed by atoms with Crippen molar-refractivity contribution in [1.82, 2.24) is 14.8 Å². The van der Waals surface area contributed by atoms with Gasteiger partial charge in [-0.1, -0.05) is 29.8 Å². The third-order valence-electron chi connectivity index (χ3n) is 5.88. The maximum absolute atomic E-state index is 12.9. The molecule has 7 nitrogen and oxygen atoms in total. The minimum Gasteiger partial charge on any atom is -0.493 e. The minimum absolute atomic E-state index is 0.139. The Morgan fingerprint density at radius 1 is 1.22 bits per heavy atom. The smallest absolute Gasteiger partial charge is 0.226 e. The van der Waals surface area contributed by atoms with Crippen LogP contribution in [0.5, 0.6) is 11.5 Å². The minimum atomic E-state index is -0.368. The lowest BCUT2D eigenvalue weighted by Crippen LogP contribution is -2.31. The summed E-state index contributed by atoms with van der Waals surface area (Å²) in [6, 6.07) is 11.8. The Labute approximate surface area is 194 Å². The van der Waals surface area contributed by atoms with Crippen LogP contribution in [0, 0.1) is 6.92 Å². The third kappa shape index (κ3) is 3.68. The number of rotatable bonds is 5. The molecule has 0 saturated heterocycles. The van der Waals surface area contributed by atoms with Crippen LogP contribution < -0.4 is 14.8 Å². The van der Waals surface area contributed by atoms with Crippen LogP contribution in [0.15, 0.2) is 58.5 Å². The van der Waals surface area contributed by atoms with Gasteiger partial charge < -0.3 is 14.8 Å². The molecule has 0 spiro atoms. The highest BCUT2D eigenvalue weighted by Crippen LogP contribution is 2.44. The van der Waals surface area contributed by atoms with E-state index in [1.165, 1.54) is 11.9 Å². The number of fused-ring (bicyclic) bond motifs is 1. The van der Waals surface area contributed by atoms with Gasteiger partial charge in [-0.3, -0.25) is 4.79 Å². The van der Waals surface area contributed by atoms with Gasteiger partial charge in [-0.25, -0.2) is 4.68 Å². The molecule has 2 heterocycles. The summed E-state index contributed by atoms with van der Waals surface area (Å²) >= 11 is 3.66. The van der Waals surface area contributed by atoms with Gasteiger partial charge >= 0.3 is 0 Å². The Bertz CT molecular complexity index is 1220. The van der Waals surface area contributed by atoms with Crippen molar-refractivity contribution in [3.8, 4) is 11.5 Å². The lowest BCUT2D eigenvalue weighted by Gasteiger charge is -2.32. The van der Waals surface area contributed by atoms with Crippen molar-refractivity contribution in [1.29, 1.82) is 0 Å². The zero-order chi connectivity index (χ0) is 22.2. The number of hydrogen-bond acceptors (Lipinski definition) is 6. The number of aromatic nitrogens is 3. The fraction of sp³-hybridized carbons (Fsp3) is 0.292. The van der Waals surface area contributed by atoms with Crippen LogP contribution in [0.2, 0.25) is 0 Å². The van der Waals surface area contributed by atoms with Crippen LogP contribution in [0.1, 0.15) is 42.0 Å². The summed E-state index contributed by atoms with van der Waals surface area (Å²) < 4.78 is 14.3. The van der Waals surface area contributed by atoms with Crippen LogP contribution in [0.3, 0.4) is 0 Å². The van der Waals surface area contributed by atoms with E-state index in [1.807, 2.05) is 24.3 Å². The average molecular weight is 495 g/mol. The van der Waals surface area contributed by atoms with E-state index in [4.69, 9.17) is 9.47 Å². The monoisotopic (exact) mass is 494 g/mol. The molecule has 1 aliphatic carbocycles. The van der Waals surface area contributed by atoms with Crippen molar-refractivity contribution < 1.29 is 14.3 Å². The molecule has 0 saturated carbocycles. The van der Waals surface area contributed by atoms with Crippen LogP contribution in [-0.4, -0.2) is 27.7 Å². The SMILES string of the molecule is COc1cc(C2C3=C(CCCC3=O)Nc3ncnn32)cc(Br)c1OCc1ccc(C)cc1. The molecule has 0 bridgehead atoms. The standard InChI is InChI=1S/C24H23BrN4O3/c1-14-6-8-15(9-7-14)12-32-23-17(25)10-16(11-20(23)31-2)22-21-18(4-3-5-19(21)30)28-24-26-13-27-29(22)24/h6-11,13,22H,3-5,12H2,1-2H3,(H,26,27,28). The number of methoxy groups -OCH3 is 1. The van der Waals surface area contributed by atoms with Crippen molar-refractivity contribution >= 4 is 27.7 Å². The van der Waals surface area contributed by atoms with Crippen molar-refractivity contribution in [3.05, 3.63) is 75.2 Å². The molecule has 0 fully saturated rings. The maximum Gasteiger partial charge on any atom is 0.226 e. The Kier molecular flexibility index (Phi) is 5.46. The number of nitrogens with zero attached hydrogens (tertiary/aromatic N) is 3. The Balaban J connectivity index is 1.53. The first kappa shape index (κ1) is 20.8. The van der Waals surface area contributed by atoms with E-state index in [0.29, 0.717) is 30.5 Å². The number of nitrogens with one attached hydrogen (secondary N) is 1. The molecule has 0 radical (unpaired) electrons. The number of ketones is 1. The topological polar surface area (TPSA) is 78.3 Å². The highest BCUT2D eigenvalue weighted by Gasteiger charge is 2.36. The van der Waals surface area contributed by atoms with E-state index in [0.717, 1.165) is 39.7 Å². The average Bonchev–Trinajstić information content (AvgIpc) is 3.26. The lowest BCUT2D eigenvalue weighted by molar-refractivity contribution is -0.116. The molecular formula is C24H23BrN4O3. The van der Waals surface area contributed by atoms with Crippen LogP contribution >= 0.6 is 15.9 Å². The molecule has 32 heavy (non-hydrogen) atoms. The second-order valence-corrected chi connectivity index (χ2v) is 8.89. The second kappa shape index (κ2) is 8.43. The van der Waals surface area contributed by atoms with E-state index in [2.05, 4.69) is 50.4 Å². The molecule has 1 unspecified atom stereocenters. The number of Topliss-reactive ketones (excluding diaryl/α,β-unsaturated/α-hetero) is 1. The number of allylic oxidation sites excluding steroid dienone is 2. The highest BCUT2D eigenvalue weighted by atomic mass is 79.9. The predicted molar refractivity (Wildman–Crippen MR) is 124 cm³/mol. The summed E-state index contributed by atoms with van der Waals surface area (Å²) in [6.07, 6.45) is 3.70. The number of benzene rings is 2. The lowest BCUT2D eigenvalue weighted by atomic mass is 9.85. The fourth-order valence-corrected chi connectivity index (χ4v) is 4.86. The summed E-state index contributed by atoms with van der Waals surface area (Å²) in [7, 11) is 1.62. The summed E-state index contributed by atoms with van der Waals surface area (Å²) in [5.74, 6) is 1.98. The van der Waals surface area contributed by atoms with Crippen molar-refractivity contribution in [2.45, 2.75) is 38.8 Å². The van der Waals surface area contributed by atoms with E-state index >= 15 is 0 Å². The summed E-state index contributed by atoms with van der Waals surface area (Å²) in [5, 5.41) is 7.69. The number of carbonyl (C=O) groups excluding carboxylic acids is 1. The number of aryl methyl sites for hydroxylation is 1. The van der Waals surface area contributed by atoms with Gasteiger partial charge in [0, 0.05) is 17.7 Å². The van der Waals surface area contributed by atoms with Gasteiger partial charge in [-0.15, -0.1) is 0 Å². The summed E-state index contributed by atoms with van der Waals surface area (Å²) in [6.45, 7) is 2.48. The molecule has 164 valence electrons. The molecule has 8 heteroatoms. The number of hydrogen-bond donors (Lipinski definition) is 1. The van der Waals surface area contributed by atoms with Gasteiger partial charge in [0.25, 0.3) is 0 Å². The zero-order valence-electron chi connectivity index (χ0n) is 17.9. The molecule has 1 N–H and O–H groups in total. The van der Waals surface area contributed by atoms with Crippen LogP contribution in [0.4, 0.5) is 5.95 Å². The van der Waals surface area contributed by atoms with E-state index in [-0.39, 0.29) is 11.8 Å². The molecular weight excluding hydrogens is 472 g/mol. The molecule has 1 aromatic heterocycles. The van der Waals surface area contributed by atoms with Gasteiger partial charge in [0.2, 0.25) is 5.95 Å². The molecule has 1 aliphatic heterocycles. The predicted octanol–water partition coefficient (Wildman–Crippen LogP) is 4.96. The first-order valence-electron chi connectivity index (χ1n) is 10.5. The Hall–Kier alpha value is -3.13. The zero-order valence-corrected chi connectivity index (χ0v) is 19.5. The number of halogens is 1. The van der Waals surface area contributed by atoms with Crippen LogP contribution in [0.25, 0.3) is 0 Å². The van der Waals surface area contributed by atoms with Crippen LogP contribution in [-0.2, 0) is 11.4 Å². The number of carbonyl (C=O) groups is 1. The quantitative estimate of drug-likeness (QED) is 0.539. The molecule has 0 amide bonds. The van der Waals surface area contributed by atoms with Crippen molar-refractivity contribution in [2.75, 3.05) is 12.4 Å². The number of ether oxygens (including phenoxy) is 2. The second-order valence-electron chi connectivity index (χ2n) is 8.03. The molecule has 2 aliphatic rings. The normalized spacial score (nSPS) is 17.5.